The maximum Gasteiger partial charge on any atom is 0.191 e. The minimum Gasteiger partial charge on any atom is -0.356 e. The Bertz CT molecular complexity index is 407. The predicted octanol–water partition coefficient (Wildman–Crippen LogP) is 3.38. The molecule has 0 unspecified atom stereocenters. The van der Waals surface area contributed by atoms with Crippen LogP contribution in [-0.4, -0.2) is 31.3 Å². The highest BCUT2D eigenvalue weighted by molar-refractivity contribution is 14.0. The fraction of sp³-hybridized carbons (Fsp3) is 0.462. The summed E-state index contributed by atoms with van der Waals surface area (Å²) >= 11 is 7.65. The second-order valence-corrected chi connectivity index (χ2v) is 5.82. The normalized spacial score (nSPS) is 14.7. The smallest absolute Gasteiger partial charge is 0.191 e. The summed E-state index contributed by atoms with van der Waals surface area (Å²) in [5.41, 5.74) is 0. The maximum atomic E-state index is 5.84. The molecule has 1 aromatic rings. The molecule has 0 spiro atoms. The Morgan fingerprint density at radius 3 is 2.63 bits per heavy atom. The number of nitrogens with zero attached hydrogens (tertiary/aromatic N) is 1. The Hall–Kier alpha value is -0.140. The van der Waals surface area contributed by atoms with Gasteiger partial charge in [-0.15, -0.1) is 35.7 Å². The summed E-state index contributed by atoms with van der Waals surface area (Å²) in [5, 5.41) is 7.46. The number of hydrogen-bond acceptors (Lipinski definition) is 2. The lowest BCUT2D eigenvalue weighted by Crippen LogP contribution is -2.39. The Morgan fingerprint density at radius 1 is 1.37 bits per heavy atom. The van der Waals surface area contributed by atoms with Gasteiger partial charge in [-0.3, -0.25) is 4.99 Å². The van der Waals surface area contributed by atoms with Gasteiger partial charge in [-0.25, -0.2) is 0 Å². The molecule has 106 valence electrons. The van der Waals surface area contributed by atoms with Crippen molar-refractivity contribution in [2.75, 3.05) is 19.3 Å². The maximum absolute atomic E-state index is 5.84. The first-order valence-electron chi connectivity index (χ1n) is 6.13. The molecule has 0 saturated heterocycles. The van der Waals surface area contributed by atoms with Crippen LogP contribution in [0.1, 0.15) is 12.8 Å². The van der Waals surface area contributed by atoms with Crippen LogP contribution in [0.4, 0.5) is 0 Å². The third-order valence-corrected chi connectivity index (χ3v) is 3.88. The van der Waals surface area contributed by atoms with Gasteiger partial charge in [0.05, 0.1) is 0 Å². The molecule has 19 heavy (non-hydrogen) atoms. The van der Waals surface area contributed by atoms with Crippen LogP contribution < -0.4 is 10.6 Å². The van der Waals surface area contributed by atoms with Crippen molar-refractivity contribution in [2.45, 2.75) is 23.8 Å². The van der Waals surface area contributed by atoms with Crippen molar-refractivity contribution < 1.29 is 0 Å². The van der Waals surface area contributed by atoms with E-state index >= 15 is 0 Å². The van der Waals surface area contributed by atoms with Crippen LogP contribution in [-0.2, 0) is 0 Å². The zero-order valence-electron chi connectivity index (χ0n) is 10.9. The highest BCUT2D eigenvalue weighted by Gasteiger charge is 2.21. The monoisotopic (exact) mass is 411 g/mol. The molecule has 1 fully saturated rings. The summed E-state index contributed by atoms with van der Waals surface area (Å²) in [6.45, 7) is 0.902. The summed E-state index contributed by atoms with van der Waals surface area (Å²) in [5.74, 6) is 1.92. The molecule has 0 atom stereocenters. The first-order valence-corrected chi connectivity index (χ1v) is 7.50. The van der Waals surface area contributed by atoms with Gasteiger partial charge in [0, 0.05) is 35.3 Å². The van der Waals surface area contributed by atoms with Crippen LogP contribution in [0.25, 0.3) is 0 Å². The minimum atomic E-state index is 0. The Kier molecular flexibility index (Phi) is 7.94. The van der Waals surface area contributed by atoms with Crippen LogP contribution in [0.5, 0.6) is 0 Å². The van der Waals surface area contributed by atoms with E-state index in [9.17, 15) is 0 Å². The predicted molar refractivity (Wildman–Crippen MR) is 95.1 cm³/mol. The van der Waals surface area contributed by atoms with E-state index in [1.165, 1.54) is 17.7 Å². The summed E-state index contributed by atoms with van der Waals surface area (Å²) in [4.78, 5) is 5.43. The largest absolute Gasteiger partial charge is 0.356 e. The van der Waals surface area contributed by atoms with E-state index in [4.69, 9.17) is 11.6 Å². The van der Waals surface area contributed by atoms with E-state index in [0.717, 1.165) is 23.3 Å². The van der Waals surface area contributed by atoms with Crippen LogP contribution in [0.2, 0.25) is 5.02 Å². The molecule has 0 aliphatic heterocycles. The Balaban J connectivity index is 0.00000180. The fourth-order valence-electron chi connectivity index (χ4n) is 1.48. The number of aliphatic imine (C=N–C) groups is 1. The molecule has 3 nitrogen and oxygen atoms in total. The van der Waals surface area contributed by atoms with Crippen molar-refractivity contribution >= 4 is 53.3 Å². The molecule has 1 saturated carbocycles. The first kappa shape index (κ1) is 16.9. The Labute approximate surface area is 141 Å². The third kappa shape index (κ3) is 6.72. The number of nitrogens with one attached hydrogen (secondary N) is 2. The van der Waals surface area contributed by atoms with Gasteiger partial charge in [-0.2, -0.15) is 0 Å². The van der Waals surface area contributed by atoms with E-state index < -0.39 is 0 Å². The molecule has 0 amide bonds. The van der Waals surface area contributed by atoms with Crippen molar-refractivity contribution in [3.63, 3.8) is 0 Å². The van der Waals surface area contributed by atoms with E-state index in [2.05, 4.69) is 15.6 Å². The van der Waals surface area contributed by atoms with Crippen molar-refractivity contribution in [2.24, 2.45) is 4.99 Å². The zero-order chi connectivity index (χ0) is 12.8. The van der Waals surface area contributed by atoms with E-state index in [1.807, 2.05) is 43.1 Å². The van der Waals surface area contributed by atoms with E-state index in [0.29, 0.717) is 6.04 Å². The third-order valence-electron chi connectivity index (χ3n) is 2.62. The summed E-state index contributed by atoms with van der Waals surface area (Å²) in [6, 6.07) is 8.57. The lowest BCUT2D eigenvalue weighted by molar-refractivity contribution is 0.828. The van der Waals surface area contributed by atoms with Crippen LogP contribution in [0.15, 0.2) is 34.2 Å². The molecule has 0 bridgehead atoms. The van der Waals surface area contributed by atoms with Crippen LogP contribution in [0, 0.1) is 0 Å². The minimum absolute atomic E-state index is 0. The molecule has 2 N–H and O–H groups in total. The highest BCUT2D eigenvalue weighted by Crippen LogP contribution is 2.20. The first-order chi connectivity index (χ1) is 8.78. The van der Waals surface area contributed by atoms with Crippen LogP contribution in [0.3, 0.4) is 0 Å². The molecule has 6 heteroatoms. The number of halogens is 2. The average molecular weight is 412 g/mol. The highest BCUT2D eigenvalue weighted by atomic mass is 127. The average Bonchev–Trinajstić information content (AvgIpc) is 3.19. The number of rotatable bonds is 5. The molecular formula is C13H19ClIN3S. The summed E-state index contributed by atoms with van der Waals surface area (Å²) in [7, 11) is 1.81. The standard InChI is InChI=1S/C13H18ClN3S.HI/c1-15-13(17-11-4-5-11)16-8-9-18-12-6-2-10(14)3-7-12;/h2-3,6-7,11H,4-5,8-9H2,1H3,(H2,15,16,17);1H. The van der Waals surface area contributed by atoms with Crippen molar-refractivity contribution in [1.29, 1.82) is 0 Å². The van der Waals surface area contributed by atoms with Gasteiger partial charge in [-0.05, 0) is 37.1 Å². The molecule has 0 heterocycles. The van der Waals surface area contributed by atoms with Gasteiger partial charge in [0.2, 0.25) is 0 Å². The molecule has 1 aliphatic rings. The van der Waals surface area contributed by atoms with Crippen molar-refractivity contribution in [3.8, 4) is 0 Å². The molecule has 1 aromatic carbocycles. The van der Waals surface area contributed by atoms with E-state index in [-0.39, 0.29) is 24.0 Å². The van der Waals surface area contributed by atoms with Crippen LogP contribution >= 0.6 is 47.3 Å². The van der Waals surface area contributed by atoms with E-state index in [1.54, 1.807) is 0 Å². The molecule has 2 rings (SSSR count). The second kappa shape index (κ2) is 8.92. The van der Waals surface area contributed by atoms with Crippen molar-refractivity contribution in [3.05, 3.63) is 29.3 Å². The zero-order valence-corrected chi connectivity index (χ0v) is 14.8. The SMILES string of the molecule is CN=C(NCCSc1ccc(Cl)cc1)NC1CC1.I. The van der Waals surface area contributed by atoms with Gasteiger partial charge in [0.1, 0.15) is 0 Å². The molecule has 0 radical (unpaired) electrons. The van der Waals surface area contributed by atoms with Gasteiger partial charge in [-0.1, -0.05) is 11.6 Å². The van der Waals surface area contributed by atoms with Gasteiger partial charge in [0.25, 0.3) is 0 Å². The summed E-state index contributed by atoms with van der Waals surface area (Å²) in [6.07, 6.45) is 2.53. The molecule has 1 aliphatic carbocycles. The molecule has 0 aromatic heterocycles. The number of guanidine groups is 1. The Morgan fingerprint density at radius 2 is 2.05 bits per heavy atom. The fourth-order valence-corrected chi connectivity index (χ4v) is 2.38. The lowest BCUT2D eigenvalue weighted by Gasteiger charge is -2.10. The summed E-state index contributed by atoms with van der Waals surface area (Å²) < 4.78 is 0. The lowest BCUT2D eigenvalue weighted by atomic mass is 10.4. The van der Waals surface area contributed by atoms with Gasteiger partial charge in [0.15, 0.2) is 5.96 Å². The number of hydrogen-bond donors (Lipinski definition) is 2. The van der Waals surface area contributed by atoms with Gasteiger partial charge >= 0.3 is 0 Å². The quantitative estimate of drug-likeness (QED) is 0.256. The topological polar surface area (TPSA) is 36.4 Å². The van der Waals surface area contributed by atoms with Crippen molar-refractivity contribution in [1.82, 2.24) is 10.6 Å². The number of benzene rings is 1. The molecular weight excluding hydrogens is 393 g/mol. The number of thioether (sulfide) groups is 1. The second-order valence-electron chi connectivity index (χ2n) is 4.22. The van der Waals surface area contributed by atoms with Gasteiger partial charge < -0.3 is 10.6 Å².